The molecule has 1 aromatic carbocycles. The van der Waals surface area contributed by atoms with Gasteiger partial charge in [0, 0.05) is 10.2 Å². The first kappa shape index (κ1) is 15.7. The van der Waals surface area contributed by atoms with Gasteiger partial charge in [0.05, 0.1) is 10.7 Å². The molecule has 0 aliphatic rings. The van der Waals surface area contributed by atoms with Gasteiger partial charge in [0.25, 0.3) is 5.91 Å². The maximum atomic E-state index is 11.9. The summed E-state index contributed by atoms with van der Waals surface area (Å²) in [5.41, 5.74) is 1.25. The summed E-state index contributed by atoms with van der Waals surface area (Å²) >= 11 is 4.57. The van der Waals surface area contributed by atoms with Crippen molar-refractivity contribution in [1.82, 2.24) is 4.98 Å². The minimum atomic E-state index is -0.525. The number of halogens is 1. The predicted octanol–water partition coefficient (Wildman–Crippen LogP) is 3.32. The molecule has 0 spiro atoms. The Hall–Kier alpha value is -1.73. The van der Waals surface area contributed by atoms with E-state index in [0.29, 0.717) is 16.3 Å². The number of aromatic nitrogens is 1. The van der Waals surface area contributed by atoms with Crippen molar-refractivity contribution in [2.45, 2.75) is 13.8 Å². The molecule has 1 aromatic heterocycles. The van der Waals surface area contributed by atoms with Crippen molar-refractivity contribution >= 4 is 44.8 Å². The maximum Gasteiger partial charge on any atom is 0.350 e. The second-order valence-electron chi connectivity index (χ2n) is 4.28. The Bertz CT molecular complexity index is 685. The zero-order valence-corrected chi connectivity index (χ0v) is 13.9. The summed E-state index contributed by atoms with van der Waals surface area (Å²) in [5.74, 6) is -0.914. The zero-order chi connectivity index (χ0) is 15.4. The van der Waals surface area contributed by atoms with E-state index in [2.05, 4.69) is 26.2 Å². The summed E-state index contributed by atoms with van der Waals surface area (Å²) in [5, 5.41) is 3.44. The molecule has 0 fully saturated rings. The van der Waals surface area contributed by atoms with Crippen molar-refractivity contribution in [1.29, 1.82) is 0 Å². The number of anilines is 1. The van der Waals surface area contributed by atoms with Gasteiger partial charge in [-0.05, 0) is 32.0 Å². The molecule has 1 N–H and O–H groups in total. The molecule has 0 saturated carbocycles. The largest absolute Gasteiger partial charge is 0.451 e. The molecule has 21 heavy (non-hydrogen) atoms. The number of amides is 1. The summed E-state index contributed by atoms with van der Waals surface area (Å²) in [4.78, 5) is 28.2. The quantitative estimate of drug-likeness (QED) is 0.840. The van der Waals surface area contributed by atoms with Gasteiger partial charge in [0.1, 0.15) is 4.88 Å². The fourth-order valence-electron chi connectivity index (χ4n) is 1.68. The van der Waals surface area contributed by atoms with E-state index in [1.54, 1.807) is 25.1 Å². The van der Waals surface area contributed by atoms with Crippen LogP contribution in [0.2, 0.25) is 0 Å². The number of ether oxygens (including phenoxy) is 1. The number of aryl methyl sites for hydroxylation is 2. The normalized spacial score (nSPS) is 10.2. The van der Waals surface area contributed by atoms with Gasteiger partial charge >= 0.3 is 5.97 Å². The van der Waals surface area contributed by atoms with E-state index in [4.69, 9.17) is 4.74 Å². The molecule has 2 aromatic rings. The van der Waals surface area contributed by atoms with Crippen LogP contribution in [-0.4, -0.2) is 23.5 Å². The Morgan fingerprint density at radius 2 is 2.14 bits per heavy atom. The lowest BCUT2D eigenvalue weighted by Crippen LogP contribution is -2.20. The number of rotatable bonds is 4. The number of thiazole rings is 1. The summed E-state index contributed by atoms with van der Waals surface area (Å²) in [7, 11) is 0. The minimum Gasteiger partial charge on any atom is -0.451 e. The fourth-order valence-corrected chi connectivity index (χ4v) is 2.89. The summed E-state index contributed by atoms with van der Waals surface area (Å²) < 4.78 is 5.85. The van der Waals surface area contributed by atoms with Crippen LogP contribution in [0, 0.1) is 13.8 Å². The highest BCUT2D eigenvalue weighted by Crippen LogP contribution is 2.18. The number of esters is 1. The second kappa shape index (κ2) is 6.82. The van der Waals surface area contributed by atoms with Gasteiger partial charge in [0.15, 0.2) is 6.61 Å². The van der Waals surface area contributed by atoms with E-state index in [1.165, 1.54) is 11.3 Å². The molecule has 110 valence electrons. The smallest absolute Gasteiger partial charge is 0.350 e. The molecule has 0 aliphatic carbocycles. The van der Waals surface area contributed by atoms with Crippen LogP contribution >= 0.6 is 27.3 Å². The van der Waals surface area contributed by atoms with Crippen LogP contribution < -0.4 is 5.32 Å². The molecular weight excluding hydrogens is 356 g/mol. The summed E-state index contributed by atoms with van der Waals surface area (Å²) in [6, 6.07) is 7.16. The third-order valence-corrected chi connectivity index (χ3v) is 4.08. The van der Waals surface area contributed by atoms with Crippen LogP contribution in [0.4, 0.5) is 5.69 Å². The number of benzene rings is 1. The van der Waals surface area contributed by atoms with Crippen LogP contribution in [0.15, 0.2) is 28.7 Å². The second-order valence-corrected chi connectivity index (χ2v) is 6.40. The zero-order valence-electron chi connectivity index (χ0n) is 11.5. The number of carbonyl (C=O) groups excluding carboxylic acids is 2. The summed E-state index contributed by atoms with van der Waals surface area (Å²) in [6.45, 7) is 3.22. The Balaban J connectivity index is 1.89. The van der Waals surface area contributed by atoms with E-state index in [0.717, 1.165) is 9.48 Å². The molecule has 7 heteroatoms. The molecule has 2 rings (SSSR count). The summed E-state index contributed by atoms with van der Waals surface area (Å²) in [6.07, 6.45) is 0. The van der Waals surface area contributed by atoms with Crippen molar-refractivity contribution in [2.24, 2.45) is 0 Å². The van der Waals surface area contributed by atoms with Crippen molar-refractivity contribution in [3.05, 3.63) is 44.3 Å². The van der Waals surface area contributed by atoms with Crippen LogP contribution in [0.25, 0.3) is 0 Å². The molecule has 0 bridgehead atoms. The molecule has 5 nitrogen and oxygen atoms in total. The Kier molecular flexibility index (Phi) is 5.08. The number of hydrogen-bond donors (Lipinski definition) is 1. The van der Waals surface area contributed by atoms with Crippen LogP contribution in [-0.2, 0) is 9.53 Å². The highest BCUT2D eigenvalue weighted by Gasteiger charge is 2.16. The third-order valence-electron chi connectivity index (χ3n) is 2.53. The molecule has 0 unspecified atom stereocenters. The van der Waals surface area contributed by atoms with E-state index in [1.807, 2.05) is 13.0 Å². The van der Waals surface area contributed by atoms with E-state index in [9.17, 15) is 9.59 Å². The van der Waals surface area contributed by atoms with E-state index < -0.39 is 5.97 Å². The standard InChI is InChI=1S/C14H13BrN2O3S/c1-8-13(21-9(2)16-8)14(19)20-7-12(18)17-11-5-3-4-10(15)6-11/h3-6H,7H2,1-2H3,(H,17,18). The van der Waals surface area contributed by atoms with Gasteiger partial charge in [-0.15, -0.1) is 11.3 Å². The monoisotopic (exact) mass is 368 g/mol. The lowest BCUT2D eigenvalue weighted by atomic mass is 10.3. The lowest BCUT2D eigenvalue weighted by Gasteiger charge is -2.06. The molecule has 0 aliphatic heterocycles. The fraction of sp³-hybridized carbons (Fsp3) is 0.214. The number of hydrogen-bond acceptors (Lipinski definition) is 5. The highest BCUT2D eigenvalue weighted by atomic mass is 79.9. The van der Waals surface area contributed by atoms with Crippen LogP contribution in [0.3, 0.4) is 0 Å². The molecular formula is C14H13BrN2O3S. The molecule has 0 saturated heterocycles. The lowest BCUT2D eigenvalue weighted by molar-refractivity contribution is -0.119. The van der Waals surface area contributed by atoms with Gasteiger partial charge in [0.2, 0.25) is 0 Å². The predicted molar refractivity (Wildman–Crippen MR) is 84.6 cm³/mol. The van der Waals surface area contributed by atoms with Crippen molar-refractivity contribution in [2.75, 3.05) is 11.9 Å². The first-order valence-corrected chi connectivity index (χ1v) is 7.73. The van der Waals surface area contributed by atoms with Gasteiger partial charge < -0.3 is 10.1 Å². The molecule has 0 atom stereocenters. The van der Waals surface area contributed by atoms with Crippen LogP contribution in [0.1, 0.15) is 20.4 Å². The Morgan fingerprint density at radius 3 is 2.76 bits per heavy atom. The van der Waals surface area contributed by atoms with E-state index in [-0.39, 0.29) is 12.5 Å². The van der Waals surface area contributed by atoms with Gasteiger partial charge in [-0.1, -0.05) is 22.0 Å². The Morgan fingerprint density at radius 1 is 1.38 bits per heavy atom. The number of nitrogens with zero attached hydrogens (tertiary/aromatic N) is 1. The first-order chi connectivity index (χ1) is 9.95. The van der Waals surface area contributed by atoms with Gasteiger partial charge in [-0.25, -0.2) is 9.78 Å². The molecule has 1 amide bonds. The molecule has 0 radical (unpaired) electrons. The SMILES string of the molecule is Cc1nc(C)c(C(=O)OCC(=O)Nc2cccc(Br)c2)s1. The average molecular weight is 369 g/mol. The third kappa shape index (κ3) is 4.37. The van der Waals surface area contributed by atoms with Gasteiger partial charge in [-0.2, -0.15) is 0 Å². The number of carbonyl (C=O) groups is 2. The maximum absolute atomic E-state index is 11.9. The Labute approximate surface area is 134 Å². The van der Waals surface area contributed by atoms with Crippen molar-refractivity contribution in [3.8, 4) is 0 Å². The van der Waals surface area contributed by atoms with Gasteiger partial charge in [-0.3, -0.25) is 4.79 Å². The van der Waals surface area contributed by atoms with E-state index >= 15 is 0 Å². The van der Waals surface area contributed by atoms with Crippen molar-refractivity contribution < 1.29 is 14.3 Å². The van der Waals surface area contributed by atoms with Crippen LogP contribution in [0.5, 0.6) is 0 Å². The number of nitrogens with one attached hydrogen (secondary N) is 1. The highest BCUT2D eigenvalue weighted by molar-refractivity contribution is 9.10. The topological polar surface area (TPSA) is 68.3 Å². The average Bonchev–Trinajstić information content (AvgIpc) is 2.75. The molecule has 1 heterocycles. The van der Waals surface area contributed by atoms with Crippen molar-refractivity contribution in [3.63, 3.8) is 0 Å². The minimum absolute atomic E-state index is 0.332. The first-order valence-electron chi connectivity index (χ1n) is 6.12.